The van der Waals surface area contributed by atoms with Gasteiger partial charge in [0.2, 0.25) is 10.0 Å². The lowest BCUT2D eigenvalue weighted by molar-refractivity contribution is 0.120. The van der Waals surface area contributed by atoms with Gasteiger partial charge in [0, 0.05) is 19.7 Å². The molecular formula is C21H28N2O3S. The van der Waals surface area contributed by atoms with Crippen molar-refractivity contribution in [1.29, 1.82) is 0 Å². The van der Waals surface area contributed by atoms with E-state index < -0.39 is 10.0 Å². The summed E-state index contributed by atoms with van der Waals surface area (Å²) in [6.45, 7) is 3.45. The number of hydrogen-bond donors (Lipinski definition) is 2. The largest absolute Gasteiger partial charge is 0.396 e. The van der Waals surface area contributed by atoms with Gasteiger partial charge in [-0.25, -0.2) is 13.1 Å². The Balaban J connectivity index is 1.49. The summed E-state index contributed by atoms with van der Waals surface area (Å²) in [4.78, 5) is 2.60. The van der Waals surface area contributed by atoms with E-state index in [1.807, 2.05) is 42.5 Å². The van der Waals surface area contributed by atoms with Gasteiger partial charge >= 0.3 is 0 Å². The van der Waals surface area contributed by atoms with Crippen molar-refractivity contribution in [2.75, 3.05) is 32.8 Å². The fraction of sp³-hybridized carbons (Fsp3) is 0.429. The summed E-state index contributed by atoms with van der Waals surface area (Å²) in [5.41, 5.74) is 2.07. The van der Waals surface area contributed by atoms with Crippen LogP contribution in [0.2, 0.25) is 0 Å². The van der Waals surface area contributed by atoms with E-state index in [9.17, 15) is 13.5 Å². The van der Waals surface area contributed by atoms with Gasteiger partial charge in [0.05, 0.1) is 4.90 Å². The molecule has 0 aliphatic carbocycles. The molecule has 0 radical (unpaired) electrons. The van der Waals surface area contributed by atoms with Crippen LogP contribution in [0.15, 0.2) is 59.5 Å². The molecule has 146 valence electrons. The van der Waals surface area contributed by atoms with Gasteiger partial charge in [-0.15, -0.1) is 0 Å². The number of sulfonamides is 1. The molecule has 3 rings (SSSR count). The number of benzene rings is 2. The van der Waals surface area contributed by atoms with Crippen molar-refractivity contribution in [3.05, 3.63) is 54.6 Å². The van der Waals surface area contributed by atoms with Gasteiger partial charge in [-0.2, -0.15) is 0 Å². The van der Waals surface area contributed by atoms with E-state index in [0.717, 1.165) is 50.0 Å². The van der Waals surface area contributed by atoms with Crippen molar-refractivity contribution in [2.45, 2.75) is 24.2 Å². The van der Waals surface area contributed by atoms with Crippen molar-refractivity contribution < 1.29 is 13.5 Å². The van der Waals surface area contributed by atoms with E-state index in [2.05, 4.69) is 9.62 Å². The second kappa shape index (κ2) is 9.46. The standard InChI is InChI=1S/C21H28N2O3S/c24-17-18-6-4-14-23(16-18)15-5-13-22-27(25,26)21-11-9-20(10-12-21)19-7-2-1-3-8-19/h1-3,7-12,18,22,24H,4-6,13-17H2/t18-/m0/s1. The fourth-order valence-electron chi connectivity index (χ4n) is 3.55. The summed E-state index contributed by atoms with van der Waals surface area (Å²) < 4.78 is 27.6. The maximum absolute atomic E-state index is 12.5. The molecule has 6 heteroatoms. The predicted octanol–water partition coefficient (Wildman–Crippen LogP) is 2.73. The van der Waals surface area contributed by atoms with Crippen molar-refractivity contribution in [3.8, 4) is 11.1 Å². The highest BCUT2D eigenvalue weighted by Gasteiger charge is 2.19. The molecule has 0 aromatic heterocycles. The number of aliphatic hydroxyl groups is 1. The van der Waals surface area contributed by atoms with Crippen LogP contribution in [-0.2, 0) is 10.0 Å². The van der Waals surface area contributed by atoms with E-state index in [1.165, 1.54) is 0 Å². The van der Waals surface area contributed by atoms with Crippen molar-refractivity contribution in [2.24, 2.45) is 5.92 Å². The van der Waals surface area contributed by atoms with Gasteiger partial charge in [-0.05, 0) is 61.5 Å². The number of aliphatic hydroxyl groups excluding tert-OH is 1. The lowest BCUT2D eigenvalue weighted by Gasteiger charge is -2.31. The first-order valence-electron chi connectivity index (χ1n) is 9.57. The second-order valence-corrected chi connectivity index (χ2v) is 8.90. The zero-order chi connectivity index (χ0) is 19.1. The minimum atomic E-state index is -3.49. The third-order valence-electron chi connectivity index (χ3n) is 5.08. The molecule has 0 amide bonds. The lowest BCUT2D eigenvalue weighted by Crippen LogP contribution is -2.38. The topological polar surface area (TPSA) is 69.6 Å². The van der Waals surface area contributed by atoms with Crippen molar-refractivity contribution in [1.82, 2.24) is 9.62 Å². The van der Waals surface area contributed by atoms with Gasteiger partial charge < -0.3 is 10.0 Å². The van der Waals surface area contributed by atoms with Crippen molar-refractivity contribution >= 4 is 10.0 Å². The fourth-order valence-corrected chi connectivity index (χ4v) is 4.63. The molecule has 2 aromatic rings. The van der Waals surface area contributed by atoms with Crippen LogP contribution in [0.5, 0.6) is 0 Å². The number of hydrogen-bond acceptors (Lipinski definition) is 4. The molecule has 2 N–H and O–H groups in total. The Labute approximate surface area is 162 Å². The minimum Gasteiger partial charge on any atom is -0.396 e. The van der Waals surface area contributed by atoms with Crippen LogP contribution in [0.1, 0.15) is 19.3 Å². The molecule has 1 saturated heterocycles. The van der Waals surface area contributed by atoms with Crippen LogP contribution in [0.3, 0.4) is 0 Å². The zero-order valence-corrected chi connectivity index (χ0v) is 16.4. The van der Waals surface area contributed by atoms with E-state index in [-0.39, 0.29) is 6.61 Å². The highest BCUT2D eigenvalue weighted by atomic mass is 32.2. The Hall–Kier alpha value is -1.73. The quantitative estimate of drug-likeness (QED) is 0.682. The molecule has 5 nitrogen and oxygen atoms in total. The molecule has 0 unspecified atom stereocenters. The van der Waals surface area contributed by atoms with Gasteiger partial charge in [0.1, 0.15) is 0 Å². The molecule has 2 aromatic carbocycles. The Kier molecular flexibility index (Phi) is 7.01. The molecule has 0 saturated carbocycles. The van der Waals surface area contributed by atoms with Crippen LogP contribution >= 0.6 is 0 Å². The van der Waals surface area contributed by atoms with Gasteiger partial charge in [-0.1, -0.05) is 42.5 Å². The molecular weight excluding hydrogens is 360 g/mol. The summed E-state index contributed by atoms with van der Waals surface area (Å²) >= 11 is 0. The van der Waals surface area contributed by atoms with Gasteiger partial charge in [0.25, 0.3) is 0 Å². The Morgan fingerprint density at radius 2 is 1.74 bits per heavy atom. The molecule has 1 atom stereocenters. The minimum absolute atomic E-state index is 0.238. The van der Waals surface area contributed by atoms with Gasteiger partial charge in [0.15, 0.2) is 0 Å². The van der Waals surface area contributed by atoms with Crippen LogP contribution in [0.25, 0.3) is 11.1 Å². The molecule has 1 fully saturated rings. The Morgan fingerprint density at radius 3 is 2.44 bits per heavy atom. The van der Waals surface area contributed by atoms with Gasteiger partial charge in [-0.3, -0.25) is 0 Å². The summed E-state index contributed by atoms with van der Waals surface area (Å²) in [6, 6.07) is 16.9. The first kappa shape index (κ1) is 20.0. The first-order valence-corrected chi connectivity index (χ1v) is 11.1. The highest BCUT2D eigenvalue weighted by molar-refractivity contribution is 7.89. The van der Waals surface area contributed by atoms with E-state index >= 15 is 0 Å². The molecule has 1 aliphatic rings. The third kappa shape index (κ3) is 5.62. The Bertz CT molecular complexity index is 807. The van der Waals surface area contributed by atoms with Crippen LogP contribution < -0.4 is 4.72 Å². The maximum atomic E-state index is 12.5. The van der Waals surface area contributed by atoms with Crippen LogP contribution in [0.4, 0.5) is 0 Å². The zero-order valence-electron chi connectivity index (χ0n) is 15.5. The summed E-state index contributed by atoms with van der Waals surface area (Å²) in [7, 11) is -3.49. The highest BCUT2D eigenvalue weighted by Crippen LogP contribution is 2.21. The van der Waals surface area contributed by atoms with E-state index in [0.29, 0.717) is 17.4 Å². The molecule has 0 bridgehead atoms. The lowest BCUT2D eigenvalue weighted by atomic mass is 9.99. The average molecular weight is 389 g/mol. The number of nitrogens with zero attached hydrogens (tertiary/aromatic N) is 1. The Morgan fingerprint density at radius 1 is 1.04 bits per heavy atom. The van der Waals surface area contributed by atoms with Crippen LogP contribution in [-0.4, -0.2) is 51.2 Å². The number of nitrogens with one attached hydrogen (secondary N) is 1. The smallest absolute Gasteiger partial charge is 0.240 e. The predicted molar refractivity (Wildman–Crippen MR) is 108 cm³/mol. The normalized spacial score (nSPS) is 18.5. The third-order valence-corrected chi connectivity index (χ3v) is 6.55. The SMILES string of the molecule is O=S(=O)(NCCCN1CCC[C@H](CO)C1)c1ccc(-c2ccccc2)cc1. The molecule has 27 heavy (non-hydrogen) atoms. The van der Waals surface area contributed by atoms with E-state index in [1.54, 1.807) is 12.1 Å². The summed E-state index contributed by atoms with van der Waals surface area (Å²) in [5, 5.41) is 9.29. The maximum Gasteiger partial charge on any atom is 0.240 e. The number of rotatable bonds is 8. The number of piperidine rings is 1. The molecule has 1 aliphatic heterocycles. The summed E-state index contributed by atoms with van der Waals surface area (Å²) in [6.07, 6.45) is 2.95. The average Bonchev–Trinajstić information content (AvgIpc) is 2.72. The van der Waals surface area contributed by atoms with Crippen LogP contribution in [0, 0.1) is 5.92 Å². The molecule has 1 heterocycles. The summed E-state index contributed by atoms with van der Waals surface area (Å²) in [5.74, 6) is 0.360. The monoisotopic (exact) mass is 388 g/mol. The van der Waals surface area contributed by atoms with Crippen molar-refractivity contribution in [3.63, 3.8) is 0 Å². The first-order chi connectivity index (χ1) is 13.1. The molecule has 0 spiro atoms. The second-order valence-electron chi connectivity index (χ2n) is 7.13. The van der Waals surface area contributed by atoms with E-state index in [4.69, 9.17) is 0 Å². The number of likely N-dealkylation sites (tertiary alicyclic amines) is 1.